The maximum Gasteiger partial charge on any atom is 0.0457 e. The predicted octanol–water partition coefficient (Wildman–Crippen LogP) is 5.62. The second-order valence-electron chi connectivity index (χ2n) is 5.91. The molecule has 0 bridgehead atoms. The number of fused-ring (bicyclic) bond motifs is 1. The minimum absolute atomic E-state index is 0.207. The van der Waals surface area contributed by atoms with E-state index in [1.165, 1.54) is 22.0 Å². The number of hydrogen-bond acceptors (Lipinski definition) is 0. The van der Waals surface area contributed by atoms with E-state index < -0.39 is 0 Å². The Hall–Kier alpha value is -1.24. The summed E-state index contributed by atoms with van der Waals surface area (Å²) >= 11 is 0. The normalized spacial score (nSPS) is 11.6. The van der Waals surface area contributed by atoms with Gasteiger partial charge in [0.25, 0.3) is 0 Å². The maximum absolute atomic E-state index is 3.30. The SMILES string of the molecule is CC.CC(C)c1cc2cc[nH]c2cc1C(C)(C)C. The molecule has 1 nitrogen and oxygen atoms in total. The molecule has 1 heterocycles. The molecule has 0 atom stereocenters. The molecule has 0 unspecified atom stereocenters. The van der Waals surface area contributed by atoms with E-state index in [1.54, 1.807) is 0 Å². The Morgan fingerprint density at radius 3 is 2.17 bits per heavy atom. The lowest BCUT2D eigenvalue weighted by molar-refractivity contribution is 0.578. The van der Waals surface area contributed by atoms with E-state index >= 15 is 0 Å². The Bertz CT molecular complexity index is 498. The van der Waals surface area contributed by atoms with Gasteiger partial charge in [-0.15, -0.1) is 0 Å². The summed E-state index contributed by atoms with van der Waals surface area (Å²) < 4.78 is 0. The van der Waals surface area contributed by atoms with E-state index in [4.69, 9.17) is 0 Å². The summed E-state index contributed by atoms with van der Waals surface area (Å²) in [7, 11) is 0. The average Bonchev–Trinajstić information content (AvgIpc) is 2.75. The quantitative estimate of drug-likeness (QED) is 0.671. The average molecular weight is 245 g/mol. The number of aromatic nitrogens is 1. The Morgan fingerprint density at radius 1 is 1.06 bits per heavy atom. The van der Waals surface area contributed by atoms with Gasteiger partial charge in [-0.05, 0) is 46.0 Å². The van der Waals surface area contributed by atoms with Gasteiger partial charge in [0.05, 0.1) is 0 Å². The summed E-state index contributed by atoms with van der Waals surface area (Å²) in [5.74, 6) is 0.577. The first-order valence-electron chi connectivity index (χ1n) is 7.01. The van der Waals surface area contributed by atoms with Crippen LogP contribution in [-0.4, -0.2) is 4.98 Å². The van der Waals surface area contributed by atoms with Crippen LogP contribution in [0.3, 0.4) is 0 Å². The van der Waals surface area contributed by atoms with Crippen molar-refractivity contribution in [1.82, 2.24) is 4.98 Å². The lowest BCUT2D eigenvalue weighted by Crippen LogP contribution is -2.14. The number of H-pyrrole nitrogens is 1. The van der Waals surface area contributed by atoms with E-state index in [0.29, 0.717) is 5.92 Å². The molecule has 2 rings (SSSR count). The van der Waals surface area contributed by atoms with Gasteiger partial charge in [-0.25, -0.2) is 0 Å². The van der Waals surface area contributed by atoms with Crippen molar-refractivity contribution >= 4 is 10.9 Å². The third kappa shape index (κ3) is 2.95. The van der Waals surface area contributed by atoms with Gasteiger partial charge in [-0.2, -0.15) is 0 Å². The summed E-state index contributed by atoms with van der Waals surface area (Å²) in [6.45, 7) is 15.4. The van der Waals surface area contributed by atoms with Crippen LogP contribution in [0.2, 0.25) is 0 Å². The summed E-state index contributed by atoms with van der Waals surface area (Å²) in [5.41, 5.74) is 4.38. The molecule has 0 aliphatic heterocycles. The third-order valence-corrected chi connectivity index (χ3v) is 3.15. The molecule has 0 aliphatic carbocycles. The minimum atomic E-state index is 0.207. The van der Waals surface area contributed by atoms with Crippen molar-refractivity contribution in [2.75, 3.05) is 0 Å². The van der Waals surface area contributed by atoms with Gasteiger partial charge >= 0.3 is 0 Å². The number of aromatic amines is 1. The van der Waals surface area contributed by atoms with Crippen LogP contribution in [0.1, 0.15) is 65.5 Å². The van der Waals surface area contributed by atoms with Crippen molar-refractivity contribution in [3.63, 3.8) is 0 Å². The van der Waals surface area contributed by atoms with Crippen molar-refractivity contribution in [1.29, 1.82) is 0 Å². The van der Waals surface area contributed by atoms with E-state index in [2.05, 4.69) is 57.8 Å². The van der Waals surface area contributed by atoms with Gasteiger partial charge in [0, 0.05) is 11.7 Å². The standard InChI is InChI=1S/C15H21N.C2H6/c1-10(2)12-8-11-6-7-16-14(11)9-13(12)15(3,4)5;1-2/h6-10,16H,1-5H3;1-2H3. The van der Waals surface area contributed by atoms with Crippen LogP contribution in [0.5, 0.6) is 0 Å². The Labute approximate surface area is 112 Å². The molecule has 0 amide bonds. The van der Waals surface area contributed by atoms with Gasteiger partial charge in [0.2, 0.25) is 0 Å². The van der Waals surface area contributed by atoms with Gasteiger partial charge in [0.1, 0.15) is 0 Å². The van der Waals surface area contributed by atoms with E-state index in [9.17, 15) is 0 Å². The van der Waals surface area contributed by atoms with E-state index in [-0.39, 0.29) is 5.41 Å². The Kier molecular flexibility index (Phi) is 4.61. The van der Waals surface area contributed by atoms with Crippen LogP contribution >= 0.6 is 0 Å². The van der Waals surface area contributed by atoms with Crippen LogP contribution in [0.15, 0.2) is 24.4 Å². The molecule has 18 heavy (non-hydrogen) atoms. The highest BCUT2D eigenvalue weighted by Gasteiger charge is 2.20. The molecule has 100 valence electrons. The predicted molar refractivity (Wildman–Crippen MR) is 82.4 cm³/mol. The third-order valence-electron chi connectivity index (χ3n) is 3.15. The Morgan fingerprint density at radius 2 is 1.67 bits per heavy atom. The molecule has 1 aromatic heterocycles. The van der Waals surface area contributed by atoms with Gasteiger partial charge in [0.15, 0.2) is 0 Å². The van der Waals surface area contributed by atoms with Crippen molar-refractivity contribution in [2.45, 2.75) is 59.8 Å². The number of rotatable bonds is 1. The van der Waals surface area contributed by atoms with Crippen LogP contribution in [0, 0.1) is 0 Å². The number of benzene rings is 1. The summed E-state index contributed by atoms with van der Waals surface area (Å²) in [6, 6.07) is 6.79. The largest absolute Gasteiger partial charge is 0.361 e. The molecular weight excluding hydrogens is 218 g/mol. The first-order valence-corrected chi connectivity index (χ1v) is 7.01. The molecule has 0 fully saturated rings. The van der Waals surface area contributed by atoms with Crippen molar-refractivity contribution in [3.05, 3.63) is 35.5 Å². The number of hydrogen-bond donors (Lipinski definition) is 1. The highest BCUT2D eigenvalue weighted by molar-refractivity contribution is 5.81. The highest BCUT2D eigenvalue weighted by atomic mass is 14.7. The topological polar surface area (TPSA) is 15.8 Å². The van der Waals surface area contributed by atoms with Gasteiger partial charge < -0.3 is 4.98 Å². The van der Waals surface area contributed by atoms with Crippen LogP contribution in [0.25, 0.3) is 10.9 Å². The summed E-state index contributed by atoms with van der Waals surface area (Å²) in [5, 5.41) is 1.32. The lowest BCUT2D eigenvalue weighted by atomic mass is 9.80. The number of nitrogens with one attached hydrogen (secondary N) is 1. The highest BCUT2D eigenvalue weighted by Crippen LogP contribution is 2.33. The van der Waals surface area contributed by atoms with Crippen molar-refractivity contribution < 1.29 is 0 Å². The summed E-state index contributed by atoms with van der Waals surface area (Å²) in [6.07, 6.45) is 2.02. The van der Waals surface area contributed by atoms with Crippen LogP contribution in [0.4, 0.5) is 0 Å². The maximum atomic E-state index is 3.30. The van der Waals surface area contributed by atoms with Crippen molar-refractivity contribution in [3.8, 4) is 0 Å². The van der Waals surface area contributed by atoms with Gasteiger partial charge in [-0.1, -0.05) is 48.5 Å². The molecule has 1 heteroatoms. The Balaban J connectivity index is 0.000000771. The molecule has 1 aromatic carbocycles. The first kappa shape index (κ1) is 14.8. The second kappa shape index (κ2) is 5.60. The zero-order chi connectivity index (χ0) is 13.9. The van der Waals surface area contributed by atoms with Crippen LogP contribution in [-0.2, 0) is 5.41 Å². The fraction of sp³-hybridized carbons (Fsp3) is 0.529. The molecule has 0 aliphatic rings. The molecular formula is C17H27N. The summed E-state index contributed by atoms with van der Waals surface area (Å²) in [4.78, 5) is 3.30. The van der Waals surface area contributed by atoms with Gasteiger partial charge in [-0.3, -0.25) is 0 Å². The monoisotopic (exact) mass is 245 g/mol. The lowest BCUT2D eigenvalue weighted by Gasteiger charge is -2.25. The van der Waals surface area contributed by atoms with Crippen molar-refractivity contribution in [2.24, 2.45) is 0 Å². The molecule has 1 N–H and O–H groups in total. The zero-order valence-electron chi connectivity index (χ0n) is 12.9. The zero-order valence-corrected chi connectivity index (χ0v) is 12.9. The molecule has 0 saturated carbocycles. The molecule has 2 aromatic rings. The molecule has 0 radical (unpaired) electrons. The fourth-order valence-corrected chi connectivity index (χ4v) is 2.25. The molecule has 0 saturated heterocycles. The molecule has 0 spiro atoms. The van der Waals surface area contributed by atoms with Crippen LogP contribution < -0.4 is 0 Å². The van der Waals surface area contributed by atoms with E-state index in [1.807, 2.05) is 20.0 Å². The second-order valence-corrected chi connectivity index (χ2v) is 5.91. The van der Waals surface area contributed by atoms with E-state index in [0.717, 1.165) is 0 Å². The minimum Gasteiger partial charge on any atom is -0.361 e. The first-order chi connectivity index (χ1) is 8.39. The fourth-order valence-electron chi connectivity index (χ4n) is 2.25. The smallest absolute Gasteiger partial charge is 0.0457 e.